The summed E-state index contributed by atoms with van der Waals surface area (Å²) in [5, 5.41) is 15.6. The Morgan fingerprint density at radius 3 is 2.44 bits per heavy atom. The van der Waals surface area contributed by atoms with Crippen molar-refractivity contribution in [3.8, 4) is 0 Å². The molecule has 0 aromatic heterocycles. The number of carbonyl (C=O) groups is 1. The number of nitro groups is 1. The summed E-state index contributed by atoms with van der Waals surface area (Å²) in [4.78, 5) is 22.3. The molecule has 2 N–H and O–H groups in total. The number of halogens is 4. The molecule has 6 nitrogen and oxygen atoms in total. The largest absolute Gasteiger partial charge is 0.418 e. The number of alkyl halides is 3. The first-order valence-electron chi connectivity index (χ1n) is 7.73. The van der Waals surface area contributed by atoms with Crippen molar-refractivity contribution in [3.05, 3.63) is 68.7 Å². The Morgan fingerprint density at radius 2 is 1.89 bits per heavy atom. The van der Waals surface area contributed by atoms with E-state index in [1.165, 1.54) is 6.92 Å². The Labute approximate surface area is 157 Å². The molecule has 0 aliphatic carbocycles. The number of nitrogens with zero attached hydrogens (tertiary/aromatic N) is 1. The van der Waals surface area contributed by atoms with E-state index in [4.69, 9.17) is 11.6 Å². The molecular weight excluding hydrogens is 387 g/mol. The highest BCUT2D eigenvalue weighted by atomic mass is 35.5. The van der Waals surface area contributed by atoms with E-state index in [9.17, 15) is 28.1 Å². The number of amides is 1. The van der Waals surface area contributed by atoms with E-state index < -0.39 is 39.3 Å². The molecule has 0 radical (unpaired) electrons. The number of carbonyl (C=O) groups excluding carboxylic acids is 1. The van der Waals surface area contributed by atoms with Gasteiger partial charge in [0.15, 0.2) is 0 Å². The first kappa shape index (κ1) is 20.5. The average Bonchev–Trinajstić information content (AvgIpc) is 2.59. The monoisotopic (exact) mass is 401 g/mol. The van der Waals surface area contributed by atoms with Crippen LogP contribution in [0.3, 0.4) is 0 Å². The van der Waals surface area contributed by atoms with E-state index in [1.807, 2.05) is 6.07 Å². The molecule has 10 heteroatoms. The highest BCUT2D eigenvalue weighted by molar-refractivity contribution is 6.31. The molecule has 1 atom stereocenters. The molecule has 2 aromatic carbocycles. The van der Waals surface area contributed by atoms with Crippen molar-refractivity contribution in [3.63, 3.8) is 0 Å². The number of benzene rings is 2. The van der Waals surface area contributed by atoms with Gasteiger partial charge in [-0.3, -0.25) is 14.9 Å². The molecule has 0 saturated heterocycles. The lowest BCUT2D eigenvalue weighted by Gasteiger charge is -2.17. The third kappa shape index (κ3) is 5.33. The van der Waals surface area contributed by atoms with Gasteiger partial charge in [-0.15, -0.1) is 0 Å². The van der Waals surface area contributed by atoms with E-state index >= 15 is 0 Å². The van der Waals surface area contributed by atoms with Gasteiger partial charge in [0.25, 0.3) is 5.69 Å². The first-order valence-corrected chi connectivity index (χ1v) is 8.10. The minimum Gasteiger partial charge on any atom is -0.368 e. The van der Waals surface area contributed by atoms with Crippen LogP contribution in [0.25, 0.3) is 0 Å². The lowest BCUT2D eigenvalue weighted by atomic mass is 10.1. The Kier molecular flexibility index (Phi) is 6.27. The highest BCUT2D eigenvalue weighted by Crippen LogP contribution is 2.40. The normalized spacial score (nSPS) is 12.3. The molecule has 0 spiro atoms. The van der Waals surface area contributed by atoms with Crippen molar-refractivity contribution < 1.29 is 22.9 Å². The second-order valence-electron chi connectivity index (χ2n) is 5.67. The minimum atomic E-state index is -4.83. The fourth-order valence-corrected chi connectivity index (χ4v) is 2.55. The average molecular weight is 402 g/mol. The minimum absolute atomic E-state index is 0.238. The number of nitrogens with one attached hydrogen (secondary N) is 2. The molecule has 0 heterocycles. The fourth-order valence-electron chi connectivity index (χ4n) is 2.28. The van der Waals surface area contributed by atoms with Crippen LogP contribution in [-0.4, -0.2) is 16.9 Å². The maximum Gasteiger partial charge on any atom is 0.418 e. The molecular formula is C17H15ClF3N3O3. The van der Waals surface area contributed by atoms with Gasteiger partial charge >= 0.3 is 6.18 Å². The van der Waals surface area contributed by atoms with E-state index in [0.29, 0.717) is 6.07 Å². The standard InChI is InChI=1S/C17H15ClF3N3O3/c1-10(16(25)22-9-11-5-3-2-4-6-11)23-14-8-13(18)12(17(19,20)21)7-15(14)24(26)27/h2-8,10,23H,9H2,1H3,(H,22,25). The Hall–Kier alpha value is -2.81. The molecule has 0 saturated carbocycles. The predicted molar refractivity (Wildman–Crippen MR) is 94.5 cm³/mol. The van der Waals surface area contributed by atoms with Gasteiger partial charge in [-0.05, 0) is 18.6 Å². The van der Waals surface area contributed by atoms with Gasteiger partial charge in [0.2, 0.25) is 5.91 Å². The topological polar surface area (TPSA) is 84.3 Å². The molecule has 0 fully saturated rings. The summed E-state index contributed by atoms with van der Waals surface area (Å²) in [6.07, 6.45) is -4.83. The summed E-state index contributed by atoms with van der Waals surface area (Å²) in [7, 11) is 0. The van der Waals surface area contributed by atoms with Crippen LogP contribution >= 0.6 is 11.6 Å². The van der Waals surface area contributed by atoms with Crippen LogP contribution < -0.4 is 10.6 Å². The second kappa shape index (κ2) is 8.26. The molecule has 2 aromatic rings. The smallest absolute Gasteiger partial charge is 0.368 e. The number of nitro benzene ring substituents is 1. The molecule has 1 unspecified atom stereocenters. The zero-order chi connectivity index (χ0) is 20.2. The number of anilines is 1. The summed E-state index contributed by atoms with van der Waals surface area (Å²) in [5.74, 6) is -0.482. The van der Waals surface area contributed by atoms with Crippen molar-refractivity contribution in [2.75, 3.05) is 5.32 Å². The van der Waals surface area contributed by atoms with E-state index in [0.717, 1.165) is 11.6 Å². The van der Waals surface area contributed by atoms with E-state index in [2.05, 4.69) is 10.6 Å². The molecule has 0 aliphatic heterocycles. The van der Waals surface area contributed by atoms with Gasteiger partial charge in [-0.1, -0.05) is 41.9 Å². The molecule has 0 aliphatic rings. The van der Waals surface area contributed by atoms with Crippen molar-refractivity contribution in [2.24, 2.45) is 0 Å². The van der Waals surface area contributed by atoms with Crippen molar-refractivity contribution in [1.29, 1.82) is 0 Å². The van der Waals surface area contributed by atoms with Crippen LogP contribution in [0.2, 0.25) is 5.02 Å². The summed E-state index contributed by atoms with van der Waals surface area (Å²) in [6, 6.07) is 9.23. The predicted octanol–water partition coefficient (Wildman–Crippen LogP) is 4.38. The van der Waals surface area contributed by atoms with Gasteiger partial charge in [-0.2, -0.15) is 13.2 Å². The maximum atomic E-state index is 12.9. The SMILES string of the molecule is CC(Nc1cc(Cl)c(C(F)(F)F)cc1[N+](=O)[O-])C(=O)NCc1ccccc1. The number of hydrogen-bond acceptors (Lipinski definition) is 4. The van der Waals surface area contributed by atoms with Crippen LogP contribution in [-0.2, 0) is 17.5 Å². The Balaban J connectivity index is 2.16. The van der Waals surface area contributed by atoms with Gasteiger partial charge < -0.3 is 10.6 Å². The lowest BCUT2D eigenvalue weighted by Crippen LogP contribution is -2.37. The van der Waals surface area contributed by atoms with E-state index in [1.54, 1.807) is 24.3 Å². The van der Waals surface area contributed by atoms with Crippen LogP contribution in [0.4, 0.5) is 24.5 Å². The second-order valence-corrected chi connectivity index (χ2v) is 6.08. The van der Waals surface area contributed by atoms with Crippen LogP contribution in [0, 0.1) is 10.1 Å². The highest BCUT2D eigenvalue weighted by Gasteiger charge is 2.36. The van der Waals surface area contributed by atoms with E-state index in [-0.39, 0.29) is 12.2 Å². The van der Waals surface area contributed by atoms with Gasteiger partial charge in [0, 0.05) is 12.6 Å². The van der Waals surface area contributed by atoms with Gasteiger partial charge in [0.1, 0.15) is 11.7 Å². The summed E-state index contributed by atoms with van der Waals surface area (Å²) in [5.41, 5.74) is -1.57. The summed E-state index contributed by atoms with van der Waals surface area (Å²) in [6.45, 7) is 1.66. The maximum absolute atomic E-state index is 12.9. The summed E-state index contributed by atoms with van der Waals surface area (Å²) < 4.78 is 38.7. The fraction of sp³-hybridized carbons (Fsp3) is 0.235. The van der Waals surface area contributed by atoms with Crippen molar-refractivity contribution >= 4 is 28.9 Å². The van der Waals surface area contributed by atoms with Crippen molar-refractivity contribution in [1.82, 2.24) is 5.32 Å². The Morgan fingerprint density at radius 1 is 1.26 bits per heavy atom. The zero-order valence-electron chi connectivity index (χ0n) is 14.0. The first-order chi connectivity index (χ1) is 12.6. The number of rotatable bonds is 6. The quantitative estimate of drug-likeness (QED) is 0.555. The molecule has 27 heavy (non-hydrogen) atoms. The summed E-state index contributed by atoms with van der Waals surface area (Å²) >= 11 is 5.61. The lowest BCUT2D eigenvalue weighted by molar-refractivity contribution is -0.384. The molecule has 0 bridgehead atoms. The molecule has 1 amide bonds. The van der Waals surface area contributed by atoms with Crippen molar-refractivity contribution in [2.45, 2.75) is 25.7 Å². The van der Waals surface area contributed by atoms with Crippen LogP contribution in [0.1, 0.15) is 18.1 Å². The van der Waals surface area contributed by atoms with Gasteiger partial charge in [-0.25, -0.2) is 0 Å². The Bertz CT molecular complexity index is 845. The molecule has 2 rings (SSSR count). The zero-order valence-corrected chi connectivity index (χ0v) is 14.8. The molecule has 144 valence electrons. The van der Waals surface area contributed by atoms with Gasteiger partial charge in [0.05, 0.1) is 15.5 Å². The third-order valence-corrected chi connectivity index (χ3v) is 3.98. The van der Waals surface area contributed by atoms with Crippen LogP contribution in [0.15, 0.2) is 42.5 Å². The van der Waals surface area contributed by atoms with Crippen LogP contribution in [0.5, 0.6) is 0 Å². The third-order valence-electron chi connectivity index (χ3n) is 3.66. The number of hydrogen-bond donors (Lipinski definition) is 2.